The van der Waals surface area contributed by atoms with E-state index in [1.54, 1.807) is 7.11 Å². The highest BCUT2D eigenvalue weighted by Crippen LogP contribution is 2.48. The zero-order valence-electron chi connectivity index (χ0n) is 23.1. The zero-order valence-corrected chi connectivity index (χ0v) is 23.1. The van der Waals surface area contributed by atoms with E-state index >= 15 is 0 Å². The maximum atomic E-state index is 12.8. The molecule has 0 bridgehead atoms. The van der Waals surface area contributed by atoms with Crippen molar-refractivity contribution in [2.45, 2.75) is 30.8 Å². The first-order valence-electron chi connectivity index (χ1n) is 13.6. The van der Waals surface area contributed by atoms with Crippen LogP contribution >= 0.6 is 0 Å². The van der Waals surface area contributed by atoms with Gasteiger partial charge in [-0.1, -0.05) is 12.2 Å². The predicted molar refractivity (Wildman–Crippen MR) is 151 cm³/mol. The van der Waals surface area contributed by atoms with E-state index in [4.69, 9.17) is 4.74 Å². The lowest BCUT2D eigenvalue weighted by molar-refractivity contribution is 0.0597. The molecule has 2 aliphatic carbocycles. The fraction of sp³-hybridized carbons (Fsp3) is 0.552. The summed E-state index contributed by atoms with van der Waals surface area (Å²) < 4.78 is 6.09. The summed E-state index contributed by atoms with van der Waals surface area (Å²) >= 11 is 0. The standard InChI is InChI=1S/C29H42N6O3/c1-34(2)12-10-30-28(36)17-6-8-23-19(14-17)21-16-22-20-15-18(29(37)31-11-13-35(3)4)7-9-24(20)33-26(22)27(38-5)25(21)32-23/h6-9,14,16,18,22,25-27,29,31-33,37H,10-13,15H2,1-5H3,(H,30,36). The van der Waals surface area contributed by atoms with Gasteiger partial charge in [-0.25, -0.2) is 0 Å². The summed E-state index contributed by atoms with van der Waals surface area (Å²) in [4.78, 5) is 17.0. The summed E-state index contributed by atoms with van der Waals surface area (Å²) in [6.45, 7) is 3.01. The van der Waals surface area contributed by atoms with Gasteiger partial charge in [-0.05, 0) is 70.0 Å². The number of hydrogen-bond donors (Lipinski definition) is 5. The highest BCUT2D eigenvalue weighted by atomic mass is 16.5. The molecular weight excluding hydrogens is 480 g/mol. The number of carbonyl (C=O) groups excluding carboxylic acids is 1. The zero-order chi connectivity index (χ0) is 27.0. The SMILES string of the molecule is COC1C2Nc3ccc(C(=O)NCCN(C)C)cc3C2=CC2C3=C(C=CC(C(O)NCCN(C)C)C3)NC21. The molecule has 0 spiro atoms. The number of likely N-dealkylation sites (N-methyl/N-ethyl adjacent to an activating group) is 2. The molecule has 38 heavy (non-hydrogen) atoms. The Bertz CT molecular complexity index is 1140. The van der Waals surface area contributed by atoms with Gasteiger partial charge in [-0.3, -0.25) is 10.1 Å². The summed E-state index contributed by atoms with van der Waals surface area (Å²) in [6.07, 6.45) is 6.71. The number of carbonyl (C=O) groups is 1. The van der Waals surface area contributed by atoms with E-state index in [-0.39, 0.29) is 35.9 Å². The molecule has 206 valence electrons. The topological polar surface area (TPSA) is 101 Å². The maximum Gasteiger partial charge on any atom is 0.251 e. The number of benzene rings is 1. The number of rotatable bonds is 10. The molecule has 4 aliphatic rings. The van der Waals surface area contributed by atoms with Gasteiger partial charge in [0.2, 0.25) is 0 Å². The number of allylic oxidation sites excluding steroid dienone is 1. The minimum atomic E-state index is -0.594. The van der Waals surface area contributed by atoms with E-state index in [1.807, 2.05) is 51.3 Å². The molecule has 5 N–H and O–H groups in total. The second-order valence-electron chi connectivity index (χ2n) is 11.3. The first-order valence-corrected chi connectivity index (χ1v) is 13.6. The molecule has 5 rings (SSSR count). The lowest BCUT2D eigenvalue weighted by atomic mass is 9.75. The first-order chi connectivity index (χ1) is 18.3. The summed E-state index contributed by atoms with van der Waals surface area (Å²) in [5.41, 5.74) is 6.41. The number of aliphatic hydroxyl groups is 1. The van der Waals surface area contributed by atoms with Gasteiger partial charge < -0.3 is 35.6 Å². The molecule has 2 heterocycles. The van der Waals surface area contributed by atoms with E-state index in [2.05, 4.69) is 44.4 Å². The van der Waals surface area contributed by atoms with Crippen LogP contribution in [-0.4, -0.2) is 107 Å². The molecule has 0 saturated heterocycles. The molecule has 0 saturated carbocycles. The first kappa shape index (κ1) is 26.9. The molecule has 9 nitrogen and oxygen atoms in total. The van der Waals surface area contributed by atoms with E-state index in [1.165, 1.54) is 11.1 Å². The van der Waals surface area contributed by atoms with Crippen LogP contribution in [0.15, 0.2) is 47.7 Å². The minimum absolute atomic E-state index is 0.00947. The number of anilines is 1. The Hall–Kier alpha value is -2.69. The maximum absolute atomic E-state index is 12.8. The van der Waals surface area contributed by atoms with Gasteiger partial charge in [0, 0.05) is 67.6 Å². The van der Waals surface area contributed by atoms with E-state index in [9.17, 15) is 9.90 Å². The van der Waals surface area contributed by atoms with Crippen molar-refractivity contribution in [3.8, 4) is 0 Å². The Morgan fingerprint density at radius 3 is 2.66 bits per heavy atom. The molecule has 2 aliphatic heterocycles. The highest BCUT2D eigenvalue weighted by molar-refractivity contribution is 5.98. The fourth-order valence-corrected chi connectivity index (χ4v) is 6.09. The van der Waals surface area contributed by atoms with Gasteiger partial charge in [0.1, 0.15) is 12.3 Å². The third-order valence-electron chi connectivity index (χ3n) is 8.14. The Morgan fingerprint density at radius 1 is 1.16 bits per heavy atom. The quantitative estimate of drug-likeness (QED) is 0.291. The molecule has 0 fully saturated rings. The third-order valence-corrected chi connectivity index (χ3v) is 8.14. The minimum Gasteiger partial charge on any atom is -0.379 e. The molecule has 6 unspecified atom stereocenters. The molecular formula is C29H42N6O3. The van der Waals surface area contributed by atoms with E-state index in [0.717, 1.165) is 43.0 Å². The lowest BCUT2D eigenvalue weighted by Gasteiger charge is -2.37. The van der Waals surface area contributed by atoms with Crippen molar-refractivity contribution in [3.63, 3.8) is 0 Å². The fourth-order valence-electron chi connectivity index (χ4n) is 6.09. The molecule has 0 radical (unpaired) electrons. The number of nitrogens with zero attached hydrogens (tertiary/aromatic N) is 2. The number of amides is 1. The van der Waals surface area contributed by atoms with Gasteiger partial charge in [-0.2, -0.15) is 0 Å². The van der Waals surface area contributed by atoms with Crippen molar-refractivity contribution in [3.05, 3.63) is 58.8 Å². The molecule has 1 amide bonds. The van der Waals surface area contributed by atoms with Crippen molar-refractivity contribution in [1.82, 2.24) is 25.8 Å². The average Bonchev–Trinajstić information content (AvgIpc) is 3.43. The van der Waals surface area contributed by atoms with E-state index < -0.39 is 6.23 Å². The largest absolute Gasteiger partial charge is 0.379 e. The van der Waals surface area contributed by atoms with Crippen LogP contribution in [0.25, 0.3) is 5.57 Å². The Labute approximate surface area is 226 Å². The van der Waals surface area contributed by atoms with Crippen LogP contribution in [0.5, 0.6) is 0 Å². The van der Waals surface area contributed by atoms with E-state index in [0.29, 0.717) is 12.1 Å². The second-order valence-corrected chi connectivity index (χ2v) is 11.3. The Morgan fingerprint density at radius 2 is 1.92 bits per heavy atom. The van der Waals surface area contributed by atoms with Gasteiger partial charge >= 0.3 is 0 Å². The molecule has 9 heteroatoms. The van der Waals surface area contributed by atoms with Gasteiger partial charge in [-0.15, -0.1) is 0 Å². The monoisotopic (exact) mass is 522 g/mol. The summed E-state index contributed by atoms with van der Waals surface area (Å²) in [5, 5.41) is 24.5. The molecule has 6 atom stereocenters. The lowest BCUT2D eigenvalue weighted by Crippen LogP contribution is -2.52. The van der Waals surface area contributed by atoms with Crippen LogP contribution in [0.4, 0.5) is 5.69 Å². The van der Waals surface area contributed by atoms with Gasteiger partial charge in [0.25, 0.3) is 5.91 Å². The number of ether oxygens (including phenoxy) is 1. The molecule has 0 aromatic heterocycles. The molecule has 1 aromatic rings. The predicted octanol–water partition coefficient (Wildman–Crippen LogP) is 1.07. The number of nitrogens with one attached hydrogen (secondary N) is 4. The van der Waals surface area contributed by atoms with Crippen molar-refractivity contribution in [1.29, 1.82) is 0 Å². The van der Waals surface area contributed by atoms with Crippen molar-refractivity contribution in [2.24, 2.45) is 11.8 Å². The average molecular weight is 523 g/mol. The van der Waals surface area contributed by atoms with Crippen LogP contribution in [0, 0.1) is 11.8 Å². The van der Waals surface area contributed by atoms with Crippen LogP contribution in [0.1, 0.15) is 22.3 Å². The second kappa shape index (κ2) is 11.2. The van der Waals surface area contributed by atoms with Crippen molar-refractivity contribution < 1.29 is 14.6 Å². The van der Waals surface area contributed by atoms with Crippen LogP contribution < -0.4 is 21.3 Å². The van der Waals surface area contributed by atoms with Gasteiger partial charge in [0.15, 0.2) is 0 Å². The van der Waals surface area contributed by atoms with Crippen LogP contribution in [0.2, 0.25) is 0 Å². The normalized spacial score (nSPS) is 27.8. The number of fused-ring (bicyclic) bond motifs is 5. The smallest absolute Gasteiger partial charge is 0.251 e. The van der Waals surface area contributed by atoms with Gasteiger partial charge in [0.05, 0.1) is 12.1 Å². The third kappa shape index (κ3) is 5.26. The summed E-state index contributed by atoms with van der Waals surface area (Å²) in [6, 6.07) is 6.01. The van der Waals surface area contributed by atoms with Crippen molar-refractivity contribution in [2.75, 3.05) is 66.8 Å². The summed E-state index contributed by atoms with van der Waals surface area (Å²) in [5.74, 6) is 0.118. The van der Waals surface area contributed by atoms with Crippen LogP contribution in [-0.2, 0) is 4.74 Å². The Balaban J connectivity index is 1.36. The number of methoxy groups -OCH3 is 1. The van der Waals surface area contributed by atoms with Crippen molar-refractivity contribution >= 4 is 17.2 Å². The summed E-state index contributed by atoms with van der Waals surface area (Å²) in [7, 11) is 9.82. The number of hydrogen-bond acceptors (Lipinski definition) is 8. The van der Waals surface area contributed by atoms with Crippen LogP contribution in [0.3, 0.4) is 0 Å². The highest BCUT2D eigenvalue weighted by Gasteiger charge is 2.49. The Kier molecular flexibility index (Phi) is 7.93. The number of aliphatic hydroxyl groups excluding tert-OH is 1. The molecule has 1 aromatic carbocycles.